The maximum atomic E-state index is 5.67. The summed E-state index contributed by atoms with van der Waals surface area (Å²) >= 11 is 3.66. The molecule has 2 rings (SSSR count). The van der Waals surface area contributed by atoms with Crippen molar-refractivity contribution in [1.82, 2.24) is 9.80 Å². The van der Waals surface area contributed by atoms with Crippen molar-refractivity contribution in [3.05, 3.63) is 33.8 Å². The molecule has 1 aliphatic rings. The second-order valence-electron chi connectivity index (χ2n) is 5.75. The van der Waals surface area contributed by atoms with E-state index in [0.717, 1.165) is 19.1 Å². The molecule has 112 valence electrons. The lowest BCUT2D eigenvalue weighted by Gasteiger charge is -2.28. The molecule has 0 amide bonds. The van der Waals surface area contributed by atoms with E-state index in [-0.39, 0.29) is 0 Å². The van der Waals surface area contributed by atoms with Crippen LogP contribution >= 0.6 is 15.9 Å². The first-order chi connectivity index (χ1) is 9.63. The minimum atomic E-state index is 0.599. The molecule has 1 aliphatic heterocycles. The quantitative estimate of drug-likeness (QED) is 0.864. The summed E-state index contributed by atoms with van der Waals surface area (Å²) in [4.78, 5) is 5.03. The van der Waals surface area contributed by atoms with Gasteiger partial charge >= 0.3 is 0 Å². The van der Waals surface area contributed by atoms with Crippen molar-refractivity contribution < 1.29 is 0 Å². The third kappa shape index (κ3) is 4.04. The highest BCUT2D eigenvalue weighted by Gasteiger charge is 2.24. The highest BCUT2D eigenvalue weighted by molar-refractivity contribution is 9.10. The van der Waals surface area contributed by atoms with E-state index in [0.29, 0.717) is 6.54 Å². The second-order valence-corrected chi connectivity index (χ2v) is 6.61. The molecule has 1 saturated heterocycles. The van der Waals surface area contributed by atoms with Gasteiger partial charge in [-0.05, 0) is 50.2 Å². The number of nitrogens with two attached hydrogens (primary N) is 1. The van der Waals surface area contributed by atoms with Crippen LogP contribution in [0.15, 0.2) is 22.7 Å². The molecular weight excluding hydrogens is 314 g/mol. The molecule has 1 unspecified atom stereocenters. The Hall–Kier alpha value is -0.420. The summed E-state index contributed by atoms with van der Waals surface area (Å²) in [6.07, 6.45) is 2.69. The van der Waals surface area contributed by atoms with Gasteiger partial charge in [0.15, 0.2) is 0 Å². The zero-order valence-corrected chi connectivity index (χ0v) is 14.2. The van der Waals surface area contributed by atoms with E-state index in [9.17, 15) is 0 Å². The first kappa shape index (κ1) is 16.0. The Morgan fingerprint density at radius 2 is 2.25 bits per heavy atom. The first-order valence-electron chi connectivity index (χ1n) is 7.54. The van der Waals surface area contributed by atoms with Crippen molar-refractivity contribution in [2.45, 2.75) is 38.9 Å². The molecule has 0 aromatic heterocycles. The number of halogens is 1. The van der Waals surface area contributed by atoms with Crippen molar-refractivity contribution in [2.75, 3.05) is 26.7 Å². The molecule has 3 nitrogen and oxygen atoms in total. The summed E-state index contributed by atoms with van der Waals surface area (Å²) < 4.78 is 1.17. The zero-order valence-electron chi connectivity index (χ0n) is 12.6. The molecular formula is C16H26BrN3. The van der Waals surface area contributed by atoms with Gasteiger partial charge < -0.3 is 10.6 Å². The molecule has 0 bridgehead atoms. The van der Waals surface area contributed by atoms with Crippen LogP contribution in [0.2, 0.25) is 0 Å². The SMILES string of the molecule is CCN1CCCC1CN(C)Cc1ccc(CN)cc1Br. The number of benzene rings is 1. The molecule has 1 heterocycles. The van der Waals surface area contributed by atoms with Crippen molar-refractivity contribution in [2.24, 2.45) is 5.73 Å². The number of likely N-dealkylation sites (tertiary alicyclic amines) is 1. The molecule has 1 aromatic rings. The molecule has 1 fully saturated rings. The lowest BCUT2D eigenvalue weighted by molar-refractivity contribution is 0.194. The van der Waals surface area contributed by atoms with E-state index in [1.165, 1.54) is 41.5 Å². The van der Waals surface area contributed by atoms with Crippen LogP contribution in [0.25, 0.3) is 0 Å². The molecule has 0 radical (unpaired) electrons. The third-order valence-electron chi connectivity index (χ3n) is 4.22. The average molecular weight is 340 g/mol. The largest absolute Gasteiger partial charge is 0.326 e. The van der Waals surface area contributed by atoms with E-state index in [1.807, 2.05) is 0 Å². The Kier molecular flexibility index (Phi) is 6.02. The van der Waals surface area contributed by atoms with Crippen LogP contribution in [0.4, 0.5) is 0 Å². The molecule has 0 spiro atoms. The molecule has 1 atom stereocenters. The summed E-state index contributed by atoms with van der Waals surface area (Å²) in [7, 11) is 2.22. The maximum absolute atomic E-state index is 5.67. The Balaban J connectivity index is 1.92. The summed E-state index contributed by atoms with van der Waals surface area (Å²) in [5.41, 5.74) is 8.19. The average Bonchev–Trinajstić information content (AvgIpc) is 2.88. The van der Waals surface area contributed by atoms with E-state index in [2.05, 4.69) is 57.9 Å². The Morgan fingerprint density at radius 3 is 2.90 bits per heavy atom. The number of likely N-dealkylation sites (N-methyl/N-ethyl adjacent to an activating group) is 2. The van der Waals surface area contributed by atoms with Crippen LogP contribution in [-0.2, 0) is 13.1 Å². The van der Waals surface area contributed by atoms with E-state index >= 15 is 0 Å². The standard InChI is InChI=1S/C16H26BrN3/c1-3-20-8-4-5-15(20)12-19(2)11-14-7-6-13(10-18)9-16(14)17/h6-7,9,15H,3-5,8,10-12,18H2,1-2H3. The molecule has 1 aromatic carbocycles. The minimum Gasteiger partial charge on any atom is -0.326 e. The fourth-order valence-electron chi connectivity index (χ4n) is 3.08. The van der Waals surface area contributed by atoms with Gasteiger partial charge in [-0.1, -0.05) is 35.0 Å². The van der Waals surface area contributed by atoms with Gasteiger partial charge in [-0.2, -0.15) is 0 Å². The highest BCUT2D eigenvalue weighted by atomic mass is 79.9. The maximum Gasteiger partial charge on any atom is 0.0242 e. The number of hydrogen-bond donors (Lipinski definition) is 1. The predicted molar refractivity (Wildman–Crippen MR) is 88.6 cm³/mol. The third-order valence-corrected chi connectivity index (χ3v) is 4.96. The molecule has 0 saturated carbocycles. The van der Waals surface area contributed by atoms with Gasteiger partial charge in [0, 0.05) is 30.1 Å². The van der Waals surface area contributed by atoms with Gasteiger partial charge in [-0.25, -0.2) is 0 Å². The summed E-state index contributed by atoms with van der Waals surface area (Å²) in [6.45, 7) is 7.44. The summed E-state index contributed by atoms with van der Waals surface area (Å²) in [6, 6.07) is 7.18. The van der Waals surface area contributed by atoms with Crippen molar-refractivity contribution in [3.8, 4) is 0 Å². The van der Waals surface area contributed by atoms with Gasteiger partial charge in [0.2, 0.25) is 0 Å². The van der Waals surface area contributed by atoms with Crippen molar-refractivity contribution >= 4 is 15.9 Å². The molecule has 20 heavy (non-hydrogen) atoms. The highest BCUT2D eigenvalue weighted by Crippen LogP contribution is 2.22. The van der Waals surface area contributed by atoms with Crippen LogP contribution < -0.4 is 5.73 Å². The topological polar surface area (TPSA) is 32.5 Å². The number of hydrogen-bond acceptors (Lipinski definition) is 3. The fourth-order valence-corrected chi connectivity index (χ4v) is 3.63. The van der Waals surface area contributed by atoms with Crippen molar-refractivity contribution in [3.63, 3.8) is 0 Å². The Bertz CT molecular complexity index is 436. The van der Waals surface area contributed by atoms with Gasteiger partial charge in [-0.3, -0.25) is 4.90 Å². The van der Waals surface area contributed by atoms with Crippen LogP contribution in [0, 0.1) is 0 Å². The summed E-state index contributed by atoms with van der Waals surface area (Å²) in [5.74, 6) is 0. The van der Waals surface area contributed by atoms with Crippen LogP contribution in [0.5, 0.6) is 0 Å². The van der Waals surface area contributed by atoms with Gasteiger partial charge in [0.1, 0.15) is 0 Å². The molecule has 0 aliphatic carbocycles. The summed E-state index contributed by atoms with van der Waals surface area (Å²) in [5, 5.41) is 0. The molecule has 2 N–H and O–H groups in total. The number of rotatable bonds is 6. The van der Waals surface area contributed by atoms with Crippen LogP contribution in [-0.4, -0.2) is 42.5 Å². The number of nitrogens with zero attached hydrogens (tertiary/aromatic N) is 2. The van der Waals surface area contributed by atoms with Gasteiger partial charge in [0.05, 0.1) is 0 Å². The predicted octanol–water partition coefficient (Wildman–Crippen LogP) is 2.82. The monoisotopic (exact) mass is 339 g/mol. The second kappa shape index (κ2) is 7.55. The van der Waals surface area contributed by atoms with E-state index in [4.69, 9.17) is 5.73 Å². The lowest BCUT2D eigenvalue weighted by atomic mass is 10.1. The van der Waals surface area contributed by atoms with Crippen molar-refractivity contribution in [1.29, 1.82) is 0 Å². The van der Waals surface area contributed by atoms with E-state index < -0.39 is 0 Å². The Labute approximate surface area is 131 Å². The fraction of sp³-hybridized carbons (Fsp3) is 0.625. The van der Waals surface area contributed by atoms with Crippen LogP contribution in [0.3, 0.4) is 0 Å². The smallest absolute Gasteiger partial charge is 0.0242 e. The zero-order chi connectivity index (χ0) is 14.5. The Morgan fingerprint density at radius 1 is 1.45 bits per heavy atom. The van der Waals surface area contributed by atoms with E-state index in [1.54, 1.807) is 0 Å². The normalized spacial score (nSPS) is 19.9. The first-order valence-corrected chi connectivity index (χ1v) is 8.33. The van der Waals surface area contributed by atoms with Crippen LogP contribution in [0.1, 0.15) is 30.9 Å². The molecule has 4 heteroatoms. The lowest BCUT2D eigenvalue weighted by Crippen LogP contribution is -2.38. The van der Waals surface area contributed by atoms with Gasteiger partial charge in [-0.15, -0.1) is 0 Å². The minimum absolute atomic E-state index is 0.599. The van der Waals surface area contributed by atoms with Gasteiger partial charge in [0.25, 0.3) is 0 Å².